The number of fused-ring (bicyclic) bond motifs is 1. The zero-order chi connectivity index (χ0) is 11.5. The highest BCUT2D eigenvalue weighted by Gasteiger charge is 2.10. The number of nitrogens with zero attached hydrogens (tertiary/aromatic N) is 1. The number of thiazole rings is 1. The lowest BCUT2D eigenvalue weighted by molar-refractivity contribution is 0.518. The van der Waals surface area contributed by atoms with E-state index >= 15 is 0 Å². The van der Waals surface area contributed by atoms with Crippen LogP contribution in [0.15, 0.2) is 18.2 Å². The molecular formula is C13H18N2S. The van der Waals surface area contributed by atoms with E-state index in [9.17, 15) is 0 Å². The van der Waals surface area contributed by atoms with Gasteiger partial charge < -0.3 is 5.73 Å². The summed E-state index contributed by atoms with van der Waals surface area (Å²) in [5, 5.41) is 1.22. The predicted octanol–water partition coefficient (Wildman–Crippen LogP) is 3.13. The average Bonchev–Trinajstić information content (AvgIpc) is 2.70. The second kappa shape index (κ2) is 4.93. The Balaban J connectivity index is 2.29. The van der Waals surface area contributed by atoms with Gasteiger partial charge in [-0.2, -0.15) is 0 Å². The van der Waals surface area contributed by atoms with Crippen molar-refractivity contribution >= 4 is 21.6 Å². The minimum Gasteiger partial charge on any atom is -0.330 e. The van der Waals surface area contributed by atoms with E-state index < -0.39 is 0 Å². The third kappa shape index (κ3) is 2.25. The first-order valence-corrected chi connectivity index (χ1v) is 6.61. The van der Waals surface area contributed by atoms with Crippen molar-refractivity contribution < 1.29 is 0 Å². The highest BCUT2D eigenvalue weighted by Crippen LogP contribution is 2.26. The van der Waals surface area contributed by atoms with E-state index in [0.29, 0.717) is 5.92 Å². The third-order valence-corrected chi connectivity index (χ3v) is 4.08. The van der Waals surface area contributed by atoms with Gasteiger partial charge >= 0.3 is 0 Å². The summed E-state index contributed by atoms with van der Waals surface area (Å²) >= 11 is 1.80. The minimum absolute atomic E-state index is 0.570. The van der Waals surface area contributed by atoms with Crippen molar-refractivity contribution in [3.63, 3.8) is 0 Å². The van der Waals surface area contributed by atoms with Crippen LogP contribution >= 0.6 is 11.3 Å². The third-order valence-electron chi connectivity index (χ3n) is 3.04. The first-order chi connectivity index (χ1) is 7.74. The van der Waals surface area contributed by atoms with Gasteiger partial charge in [0, 0.05) is 6.42 Å². The molecule has 3 heteroatoms. The molecule has 1 aromatic heterocycles. The molecule has 0 aliphatic heterocycles. The summed E-state index contributed by atoms with van der Waals surface area (Å²) in [6.45, 7) is 5.06. The van der Waals surface area contributed by atoms with E-state index in [-0.39, 0.29) is 0 Å². The summed E-state index contributed by atoms with van der Waals surface area (Å²) in [5.74, 6) is 0.570. The molecule has 2 rings (SSSR count). The molecule has 0 aliphatic carbocycles. The van der Waals surface area contributed by atoms with Crippen LogP contribution in [0.1, 0.15) is 23.9 Å². The van der Waals surface area contributed by atoms with Crippen LogP contribution in [-0.2, 0) is 6.42 Å². The Labute approximate surface area is 101 Å². The predicted molar refractivity (Wildman–Crippen MR) is 70.9 cm³/mol. The molecule has 1 unspecified atom stereocenters. The normalized spacial score (nSPS) is 13.2. The number of aryl methyl sites for hydroxylation is 1. The molecule has 2 N–H and O–H groups in total. The van der Waals surface area contributed by atoms with Crippen molar-refractivity contribution in [1.82, 2.24) is 4.98 Å². The summed E-state index contributed by atoms with van der Waals surface area (Å²) in [5.41, 5.74) is 8.16. The van der Waals surface area contributed by atoms with E-state index in [1.807, 2.05) is 0 Å². The summed E-state index contributed by atoms with van der Waals surface area (Å²) < 4.78 is 1.29. The Morgan fingerprint density at radius 2 is 2.25 bits per heavy atom. The van der Waals surface area contributed by atoms with Crippen LogP contribution in [0.3, 0.4) is 0 Å². The van der Waals surface area contributed by atoms with Crippen molar-refractivity contribution in [2.24, 2.45) is 11.7 Å². The molecule has 0 saturated heterocycles. The number of hydrogen-bond acceptors (Lipinski definition) is 3. The number of para-hydroxylation sites is 1. The molecule has 86 valence electrons. The molecule has 0 aliphatic rings. The maximum Gasteiger partial charge on any atom is 0.0941 e. The Morgan fingerprint density at radius 3 is 2.88 bits per heavy atom. The summed E-state index contributed by atoms with van der Waals surface area (Å²) in [4.78, 5) is 4.71. The molecule has 0 amide bonds. The van der Waals surface area contributed by atoms with E-state index in [4.69, 9.17) is 10.7 Å². The number of rotatable bonds is 4. The van der Waals surface area contributed by atoms with Crippen molar-refractivity contribution in [2.45, 2.75) is 26.7 Å². The maximum absolute atomic E-state index is 5.73. The number of aromatic nitrogens is 1. The van der Waals surface area contributed by atoms with E-state index in [2.05, 4.69) is 32.0 Å². The van der Waals surface area contributed by atoms with Crippen LogP contribution in [0.2, 0.25) is 0 Å². The summed E-state index contributed by atoms with van der Waals surface area (Å²) in [6, 6.07) is 6.36. The second-order valence-corrected chi connectivity index (χ2v) is 5.36. The first kappa shape index (κ1) is 11.6. The number of benzene rings is 1. The topological polar surface area (TPSA) is 38.9 Å². The quantitative estimate of drug-likeness (QED) is 0.882. The minimum atomic E-state index is 0.570. The van der Waals surface area contributed by atoms with Gasteiger partial charge in [0.15, 0.2) is 0 Å². The molecule has 1 heterocycles. The molecule has 1 atom stereocenters. The van der Waals surface area contributed by atoms with Crippen LogP contribution in [0, 0.1) is 12.8 Å². The van der Waals surface area contributed by atoms with Gasteiger partial charge in [-0.15, -0.1) is 11.3 Å². The molecule has 2 nitrogen and oxygen atoms in total. The van der Waals surface area contributed by atoms with Crippen LogP contribution in [0.5, 0.6) is 0 Å². The highest BCUT2D eigenvalue weighted by molar-refractivity contribution is 7.18. The standard InChI is InChI=1S/C13H18N2S/c1-3-10(8-14)7-12-15-13-9(2)5-4-6-11(13)16-12/h4-6,10H,3,7-8,14H2,1-2H3. The van der Waals surface area contributed by atoms with Crippen LogP contribution in [-0.4, -0.2) is 11.5 Å². The fourth-order valence-corrected chi connectivity index (χ4v) is 3.02. The Kier molecular flexibility index (Phi) is 3.56. The van der Waals surface area contributed by atoms with Gasteiger partial charge in [0.1, 0.15) is 0 Å². The number of hydrogen-bond donors (Lipinski definition) is 1. The number of nitrogens with two attached hydrogens (primary N) is 1. The molecule has 0 fully saturated rings. The zero-order valence-corrected chi connectivity index (χ0v) is 10.7. The van der Waals surface area contributed by atoms with Gasteiger partial charge in [0.25, 0.3) is 0 Å². The van der Waals surface area contributed by atoms with Crippen LogP contribution in [0.4, 0.5) is 0 Å². The fourth-order valence-electron chi connectivity index (χ4n) is 1.86. The Hall–Kier alpha value is -0.930. The smallest absolute Gasteiger partial charge is 0.0941 e. The van der Waals surface area contributed by atoms with E-state index in [1.165, 1.54) is 15.3 Å². The maximum atomic E-state index is 5.73. The van der Waals surface area contributed by atoms with Crippen LogP contribution in [0.25, 0.3) is 10.2 Å². The molecule has 0 radical (unpaired) electrons. The lowest BCUT2D eigenvalue weighted by atomic mass is 10.0. The molecule has 0 saturated carbocycles. The largest absolute Gasteiger partial charge is 0.330 e. The van der Waals surface area contributed by atoms with Gasteiger partial charge in [-0.05, 0) is 31.0 Å². The van der Waals surface area contributed by atoms with Crippen molar-refractivity contribution in [3.05, 3.63) is 28.8 Å². The molecular weight excluding hydrogens is 216 g/mol. The Morgan fingerprint density at radius 1 is 1.44 bits per heavy atom. The SMILES string of the molecule is CCC(CN)Cc1nc2c(C)cccc2s1. The molecule has 16 heavy (non-hydrogen) atoms. The lowest BCUT2D eigenvalue weighted by Gasteiger charge is -2.08. The van der Waals surface area contributed by atoms with Crippen molar-refractivity contribution in [3.8, 4) is 0 Å². The second-order valence-electron chi connectivity index (χ2n) is 4.24. The van der Waals surface area contributed by atoms with Gasteiger partial charge in [-0.3, -0.25) is 0 Å². The van der Waals surface area contributed by atoms with Crippen molar-refractivity contribution in [1.29, 1.82) is 0 Å². The van der Waals surface area contributed by atoms with E-state index in [1.54, 1.807) is 11.3 Å². The highest BCUT2D eigenvalue weighted by atomic mass is 32.1. The fraction of sp³-hybridized carbons (Fsp3) is 0.462. The molecule has 2 aromatic rings. The van der Waals surface area contributed by atoms with Gasteiger partial charge in [0.2, 0.25) is 0 Å². The zero-order valence-electron chi connectivity index (χ0n) is 9.86. The monoisotopic (exact) mass is 234 g/mol. The van der Waals surface area contributed by atoms with E-state index in [0.717, 1.165) is 24.9 Å². The van der Waals surface area contributed by atoms with Crippen LogP contribution < -0.4 is 5.73 Å². The van der Waals surface area contributed by atoms with Gasteiger partial charge in [0.05, 0.1) is 15.2 Å². The summed E-state index contributed by atoms with van der Waals surface area (Å²) in [6.07, 6.45) is 2.15. The summed E-state index contributed by atoms with van der Waals surface area (Å²) in [7, 11) is 0. The van der Waals surface area contributed by atoms with Gasteiger partial charge in [-0.25, -0.2) is 4.98 Å². The van der Waals surface area contributed by atoms with Crippen molar-refractivity contribution in [2.75, 3.05) is 6.54 Å². The Bertz CT molecular complexity index is 472. The first-order valence-electron chi connectivity index (χ1n) is 5.79. The van der Waals surface area contributed by atoms with Gasteiger partial charge in [-0.1, -0.05) is 25.5 Å². The molecule has 0 bridgehead atoms. The molecule has 0 spiro atoms. The average molecular weight is 234 g/mol. The molecule has 1 aromatic carbocycles. The lowest BCUT2D eigenvalue weighted by Crippen LogP contribution is -2.15.